The topological polar surface area (TPSA) is 53.9 Å². The number of benzene rings is 2. The number of anilines is 1. The number of halogens is 1. The van der Waals surface area contributed by atoms with Crippen LogP contribution < -0.4 is 14.7 Å². The number of methoxy groups -OCH3 is 1. The summed E-state index contributed by atoms with van der Waals surface area (Å²) in [5, 5.41) is 14.3. The molecule has 7 heteroatoms. The third-order valence-corrected chi connectivity index (χ3v) is 7.19. The van der Waals surface area contributed by atoms with Crippen molar-refractivity contribution in [2.45, 2.75) is 19.4 Å². The highest BCUT2D eigenvalue weighted by Crippen LogP contribution is 2.46. The van der Waals surface area contributed by atoms with Gasteiger partial charge in [0.2, 0.25) is 0 Å². The van der Waals surface area contributed by atoms with Crippen molar-refractivity contribution in [3.05, 3.63) is 51.0 Å². The van der Waals surface area contributed by atoms with Crippen LogP contribution in [-0.4, -0.2) is 12.2 Å². The normalized spacial score (nSPS) is 15.2. The minimum Gasteiger partial charge on any atom is -0.506 e. The number of fused-ring (bicyclic) bond motifs is 3. The first-order chi connectivity index (χ1) is 12.4. The van der Waals surface area contributed by atoms with Gasteiger partial charge in [-0.25, -0.2) is 4.99 Å². The van der Waals surface area contributed by atoms with Crippen LogP contribution in [0.3, 0.4) is 0 Å². The molecule has 0 fully saturated rings. The van der Waals surface area contributed by atoms with Gasteiger partial charge in [0.15, 0.2) is 0 Å². The van der Waals surface area contributed by atoms with Gasteiger partial charge in [0, 0.05) is 21.8 Å². The fourth-order valence-corrected chi connectivity index (χ4v) is 6.14. The van der Waals surface area contributed by atoms with Gasteiger partial charge in [-0.3, -0.25) is 0 Å². The van der Waals surface area contributed by atoms with E-state index in [1.807, 2.05) is 18.2 Å². The van der Waals surface area contributed by atoms with Gasteiger partial charge >= 0.3 is 0 Å². The summed E-state index contributed by atoms with van der Waals surface area (Å²) in [5.41, 5.74) is 3.44. The Morgan fingerprint density at radius 1 is 1.15 bits per heavy atom. The van der Waals surface area contributed by atoms with Crippen LogP contribution in [0.1, 0.15) is 18.7 Å². The summed E-state index contributed by atoms with van der Waals surface area (Å²) in [7, 11) is 4.95. The van der Waals surface area contributed by atoms with Crippen molar-refractivity contribution in [2.24, 2.45) is 4.99 Å². The Kier molecular flexibility index (Phi) is 4.22. The quantitative estimate of drug-likeness (QED) is 0.535. The molecule has 1 aliphatic heterocycles. The number of hydrogen-bond acceptors (Lipinski definition) is 6. The Morgan fingerprint density at radius 2 is 1.96 bits per heavy atom. The molecule has 2 aromatic carbocycles. The summed E-state index contributed by atoms with van der Waals surface area (Å²) in [6.07, 6.45) is 0. The van der Waals surface area contributed by atoms with Crippen LogP contribution in [0.4, 0.5) is 11.4 Å². The third-order valence-electron chi connectivity index (χ3n) is 4.32. The molecule has 0 saturated carbocycles. The van der Waals surface area contributed by atoms with Gasteiger partial charge in [-0.2, -0.15) is 0 Å². The molecule has 0 radical (unpaired) electrons. The molecule has 0 amide bonds. The van der Waals surface area contributed by atoms with E-state index in [1.165, 1.54) is 4.88 Å². The zero-order valence-electron chi connectivity index (χ0n) is 14.5. The number of nitrogens with zero attached hydrogens (tertiary/aromatic N) is 1. The number of ether oxygens (including phenoxy) is 1. The van der Waals surface area contributed by atoms with Gasteiger partial charge < -0.3 is 15.2 Å². The number of phenolic OH excluding ortho intramolecular Hbond substituents is 1. The molecule has 26 heavy (non-hydrogen) atoms. The van der Waals surface area contributed by atoms with E-state index in [1.54, 1.807) is 46.0 Å². The van der Waals surface area contributed by atoms with Gasteiger partial charge in [0.25, 0.3) is 0 Å². The lowest BCUT2D eigenvalue weighted by atomic mass is 9.90. The lowest BCUT2D eigenvalue weighted by Gasteiger charge is -2.33. The second kappa shape index (κ2) is 6.30. The molecule has 2 heterocycles. The van der Waals surface area contributed by atoms with E-state index in [-0.39, 0.29) is 11.3 Å². The minimum absolute atomic E-state index is 0.112. The predicted molar refractivity (Wildman–Crippen MR) is 109 cm³/mol. The summed E-state index contributed by atoms with van der Waals surface area (Å²) >= 11 is 6.07. The number of rotatable bonds is 2. The van der Waals surface area contributed by atoms with E-state index in [4.69, 9.17) is 21.3 Å². The second-order valence-corrected chi connectivity index (χ2v) is 9.15. The van der Waals surface area contributed by atoms with E-state index in [9.17, 15) is 5.11 Å². The largest absolute Gasteiger partial charge is 0.506 e. The van der Waals surface area contributed by atoms with Crippen molar-refractivity contribution in [1.29, 1.82) is 0 Å². The molecule has 0 bridgehead atoms. The van der Waals surface area contributed by atoms with Crippen LogP contribution in [0.5, 0.6) is 11.5 Å². The molecule has 0 spiro atoms. The van der Waals surface area contributed by atoms with Crippen molar-refractivity contribution >= 4 is 43.7 Å². The van der Waals surface area contributed by atoms with E-state index in [0.29, 0.717) is 10.7 Å². The first kappa shape index (κ1) is 17.4. The van der Waals surface area contributed by atoms with Crippen LogP contribution in [-0.2, 0) is 5.54 Å². The zero-order chi connectivity index (χ0) is 18.5. The molecule has 4 nitrogen and oxygen atoms in total. The highest BCUT2D eigenvalue weighted by atomic mass is 35.5. The second-order valence-electron chi connectivity index (χ2n) is 6.58. The third kappa shape index (κ3) is 2.88. The lowest BCUT2D eigenvalue weighted by Crippen LogP contribution is -2.31. The molecule has 1 aliphatic rings. The molecule has 1 aromatic heterocycles. The molecule has 134 valence electrons. The maximum absolute atomic E-state index is 10.1. The van der Waals surface area contributed by atoms with Crippen molar-refractivity contribution in [3.8, 4) is 22.6 Å². The van der Waals surface area contributed by atoms with E-state index >= 15 is 0 Å². The average molecular weight is 405 g/mol. The van der Waals surface area contributed by atoms with Gasteiger partial charge in [-0.15, -0.1) is 0 Å². The van der Waals surface area contributed by atoms with Crippen LogP contribution in [0, 0.1) is 0 Å². The molecule has 3 aromatic rings. The maximum Gasteiger partial charge on any atom is 0.141 e. The molecule has 0 aliphatic carbocycles. The molecular formula is C19H17ClN2O2S2. The Labute approximate surface area is 163 Å². The maximum atomic E-state index is 10.1. The molecule has 0 unspecified atom stereocenters. The van der Waals surface area contributed by atoms with Crippen LogP contribution in [0.25, 0.3) is 11.1 Å². The van der Waals surface area contributed by atoms with Crippen molar-refractivity contribution in [2.75, 3.05) is 12.4 Å². The van der Waals surface area contributed by atoms with Gasteiger partial charge in [-0.05, 0) is 50.2 Å². The monoisotopic (exact) mass is 404 g/mol. The van der Waals surface area contributed by atoms with Crippen molar-refractivity contribution < 1.29 is 9.84 Å². The van der Waals surface area contributed by atoms with Crippen LogP contribution in [0.2, 0.25) is 5.02 Å². The summed E-state index contributed by atoms with van der Waals surface area (Å²) in [6, 6.07) is 10.9. The summed E-state index contributed by atoms with van der Waals surface area (Å²) in [4.78, 5) is 5.93. The highest BCUT2D eigenvalue weighted by Gasteiger charge is 2.33. The first-order valence-electron chi connectivity index (χ1n) is 8.02. The highest BCUT2D eigenvalue weighted by molar-refractivity contribution is 7.68. The SMILES string of the molecule is COc1ccc2c(c1)-c1c(ssc1=Nc1cc(Cl)ccc1O)C(C)(C)N2. The Bertz CT molecular complexity index is 1070. The number of phenols is 1. The Morgan fingerprint density at radius 3 is 2.73 bits per heavy atom. The molecule has 2 N–H and O–H groups in total. The first-order valence-corrected chi connectivity index (χ1v) is 10.6. The molecule has 0 saturated heterocycles. The molecule has 0 atom stereocenters. The number of hydrogen-bond donors (Lipinski definition) is 2. The summed E-state index contributed by atoms with van der Waals surface area (Å²) < 4.78 is 6.26. The standard InChI is InChI=1S/C19H17ClN2O2S2/c1-19(2)17-16(12-9-11(24-3)5-6-13(12)22-19)18(26-25-17)21-14-8-10(20)4-7-15(14)23/h4-9,22-23H,1-3H3. The van der Waals surface area contributed by atoms with Gasteiger partial charge in [0.1, 0.15) is 21.9 Å². The Balaban J connectivity index is 2.00. The number of nitrogens with one attached hydrogen (secondary N) is 1. The van der Waals surface area contributed by atoms with E-state index in [2.05, 4.69) is 19.2 Å². The van der Waals surface area contributed by atoms with Crippen molar-refractivity contribution in [1.82, 2.24) is 0 Å². The number of aromatic hydroxyl groups is 1. The van der Waals surface area contributed by atoms with Gasteiger partial charge in [0.05, 0.1) is 17.5 Å². The van der Waals surface area contributed by atoms with Gasteiger partial charge in [-0.1, -0.05) is 32.3 Å². The smallest absolute Gasteiger partial charge is 0.141 e. The summed E-state index contributed by atoms with van der Waals surface area (Å²) in [6.45, 7) is 4.31. The van der Waals surface area contributed by atoms with E-state index < -0.39 is 0 Å². The molecular weight excluding hydrogens is 388 g/mol. The minimum atomic E-state index is -0.206. The lowest BCUT2D eigenvalue weighted by molar-refractivity contribution is 0.415. The Hall–Kier alpha value is -2.02. The summed E-state index contributed by atoms with van der Waals surface area (Å²) in [5.74, 6) is 0.907. The van der Waals surface area contributed by atoms with Crippen molar-refractivity contribution in [3.63, 3.8) is 0 Å². The van der Waals surface area contributed by atoms with E-state index in [0.717, 1.165) is 27.2 Å². The predicted octanol–water partition coefficient (Wildman–Crippen LogP) is 5.74. The molecule has 4 rings (SSSR count). The fraction of sp³-hybridized carbons (Fsp3) is 0.211. The zero-order valence-corrected chi connectivity index (χ0v) is 16.9. The van der Waals surface area contributed by atoms with Crippen LogP contribution in [0.15, 0.2) is 41.4 Å². The van der Waals surface area contributed by atoms with Crippen LogP contribution >= 0.6 is 32.3 Å². The fourth-order valence-electron chi connectivity index (χ4n) is 3.05. The average Bonchev–Trinajstić information content (AvgIpc) is 3.03.